The lowest BCUT2D eigenvalue weighted by Gasteiger charge is -2.14. The Balaban J connectivity index is 1.73. The highest BCUT2D eigenvalue weighted by atomic mass is 79.9. The second-order valence-electron chi connectivity index (χ2n) is 6.23. The molecule has 0 aliphatic carbocycles. The van der Waals surface area contributed by atoms with Crippen LogP contribution in [0.3, 0.4) is 0 Å². The molecule has 0 saturated heterocycles. The first-order valence-corrected chi connectivity index (χ1v) is 10.2. The van der Waals surface area contributed by atoms with Gasteiger partial charge in [0.25, 0.3) is 0 Å². The van der Waals surface area contributed by atoms with Crippen molar-refractivity contribution in [3.63, 3.8) is 0 Å². The summed E-state index contributed by atoms with van der Waals surface area (Å²) in [4.78, 5) is 24.3. The summed E-state index contributed by atoms with van der Waals surface area (Å²) >= 11 is 3.13. The fourth-order valence-electron chi connectivity index (χ4n) is 2.61. The number of ether oxygens (including phenoxy) is 2. The Kier molecular flexibility index (Phi) is 7.41. The molecule has 0 spiro atoms. The summed E-state index contributed by atoms with van der Waals surface area (Å²) in [6, 6.07) is 24.0. The molecular weight excluding hydrogens is 434 g/mol. The number of esters is 1. The minimum absolute atomic E-state index is 0.133. The van der Waals surface area contributed by atoms with E-state index in [4.69, 9.17) is 9.47 Å². The Bertz CT molecular complexity index is 961. The lowest BCUT2D eigenvalue weighted by atomic mass is 10.1. The first kappa shape index (κ1) is 20.6. The summed E-state index contributed by atoms with van der Waals surface area (Å²) in [6.45, 7) is 0.519. The number of anilines is 1. The van der Waals surface area contributed by atoms with Gasteiger partial charge in [-0.15, -0.1) is 0 Å². The van der Waals surface area contributed by atoms with E-state index in [1.54, 1.807) is 18.2 Å². The second-order valence-corrected chi connectivity index (χ2v) is 6.79. The summed E-state index contributed by atoms with van der Waals surface area (Å²) < 4.78 is 11.2. The van der Waals surface area contributed by atoms with E-state index in [0.29, 0.717) is 23.6 Å². The molecule has 1 amide bonds. The molecular formula is C23H20BrNO4. The molecule has 0 atom stereocenters. The van der Waals surface area contributed by atoms with Crippen LogP contribution in [0.25, 0.3) is 0 Å². The van der Waals surface area contributed by atoms with Gasteiger partial charge in [-0.1, -0.05) is 76.6 Å². The van der Waals surface area contributed by atoms with Crippen LogP contribution in [-0.2, 0) is 22.7 Å². The number of alkyl halides is 1. The highest BCUT2D eigenvalue weighted by molar-refractivity contribution is 9.09. The number of halogens is 1. The van der Waals surface area contributed by atoms with Crippen molar-refractivity contribution in [3.8, 4) is 5.75 Å². The number of amides is 1. The van der Waals surface area contributed by atoms with Crippen LogP contribution in [0.4, 0.5) is 5.69 Å². The topological polar surface area (TPSA) is 64.6 Å². The Morgan fingerprint density at radius 2 is 1.45 bits per heavy atom. The Morgan fingerprint density at radius 3 is 2.07 bits per heavy atom. The molecule has 6 heteroatoms. The van der Waals surface area contributed by atoms with E-state index in [1.165, 1.54) is 0 Å². The third kappa shape index (κ3) is 6.19. The van der Waals surface area contributed by atoms with Gasteiger partial charge in [0.05, 0.1) is 16.6 Å². The third-order valence-corrected chi connectivity index (χ3v) is 4.57. The molecule has 0 bridgehead atoms. The molecule has 3 aromatic carbocycles. The fourth-order valence-corrected chi connectivity index (χ4v) is 2.75. The van der Waals surface area contributed by atoms with Crippen molar-refractivity contribution in [1.82, 2.24) is 0 Å². The zero-order chi connectivity index (χ0) is 20.5. The highest BCUT2D eigenvalue weighted by Crippen LogP contribution is 2.27. The molecule has 0 unspecified atom stereocenters. The number of hydrogen-bond acceptors (Lipinski definition) is 4. The number of rotatable bonds is 8. The zero-order valence-corrected chi connectivity index (χ0v) is 17.2. The normalized spacial score (nSPS) is 10.2. The van der Waals surface area contributed by atoms with Gasteiger partial charge in [0.1, 0.15) is 19.0 Å². The van der Waals surface area contributed by atoms with Gasteiger partial charge in [-0.25, -0.2) is 4.79 Å². The quantitative estimate of drug-likeness (QED) is 0.386. The molecule has 3 rings (SSSR count). The number of benzene rings is 3. The van der Waals surface area contributed by atoms with Gasteiger partial charge < -0.3 is 14.8 Å². The molecule has 0 saturated carbocycles. The number of hydrogen-bond donors (Lipinski definition) is 1. The fraction of sp³-hybridized carbons (Fsp3) is 0.130. The predicted octanol–water partition coefficient (Wildman–Crippen LogP) is 4.96. The Morgan fingerprint density at radius 1 is 0.828 bits per heavy atom. The zero-order valence-electron chi connectivity index (χ0n) is 15.6. The molecule has 0 fully saturated rings. The van der Waals surface area contributed by atoms with Crippen molar-refractivity contribution in [2.45, 2.75) is 13.2 Å². The van der Waals surface area contributed by atoms with Crippen LogP contribution in [0, 0.1) is 0 Å². The van der Waals surface area contributed by atoms with Crippen LogP contribution in [0.1, 0.15) is 21.5 Å². The largest absolute Gasteiger partial charge is 0.487 e. The maximum atomic E-state index is 12.4. The van der Waals surface area contributed by atoms with Gasteiger partial charge in [0, 0.05) is 0 Å². The summed E-state index contributed by atoms with van der Waals surface area (Å²) in [5, 5.41) is 2.88. The SMILES string of the molecule is O=C(CBr)Nc1cc(C(=O)OCc2ccccc2)ccc1OCc1ccccc1. The van der Waals surface area contributed by atoms with Crippen molar-refractivity contribution >= 4 is 33.5 Å². The monoisotopic (exact) mass is 453 g/mol. The van der Waals surface area contributed by atoms with E-state index >= 15 is 0 Å². The molecule has 148 valence electrons. The van der Waals surface area contributed by atoms with Crippen molar-refractivity contribution < 1.29 is 19.1 Å². The van der Waals surface area contributed by atoms with Gasteiger partial charge in [-0.05, 0) is 29.3 Å². The predicted molar refractivity (Wildman–Crippen MR) is 115 cm³/mol. The van der Waals surface area contributed by atoms with Crippen LogP contribution >= 0.6 is 15.9 Å². The van der Waals surface area contributed by atoms with Gasteiger partial charge in [-0.2, -0.15) is 0 Å². The minimum Gasteiger partial charge on any atom is -0.487 e. The van der Waals surface area contributed by atoms with E-state index < -0.39 is 5.97 Å². The Hall–Kier alpha value is -3.12. The van der Waals surface area contributed by atoms with E-state index in [1.807, 2.05) is 60.7 Å². The van der Waals surface area contributed by atoms with Crippen molar-refractivity contribution in [2.75, 3.05) is 10.6 Å². The van der Waals surface area contributed by atoms with Crippen molar-refractivity contribution in [1.29, 1.82) is 0 Å². The smallest absolute Gasteiger partial charge is 0.338 e. The average molecular weight is 454 g/mol. The maximum Gasteiger partial charge on any atom is 0.338 e. The standard InChI is InChI=1S/C23H20BrNO4/c24-14-22(26)25-20-13-19(23(27)29-16-18-9-5-2-6-10-18)11-12-21(20)28-15-17-7-3-1-4-8-17/h1-13H,14-16H2,(H,25,26). The van der Waals surface area contributed by atoms with Gasteiger partial charge in [0.15, 0.2) is 0 Å². The average Bonchev–Trinajstić information content (AvgIpc) is 2.77. The van der Waals surface area contributed by atoms with E-state index in [2.05, 4.69) is 21.2 Å². The van der Waals surface area contributed by atoms with Crippen LogP contribution in [-0.4, -0.2) is 17.2 Å². The lowest BCUT2D eigenvalue weighted by molar-refractivity contribution is -0.113. The summed E-state index contributed by atoms with van der Waals surface area (Å²) in [6.07, 6.45) is 0. The Labute approximate surface area is 177 Å². The van der Waals surface area contributed by atoms with E-state index in [-0.39, 0.29) is 17.8 Å². The van der Waals surface area contributed by atoms with Crippen molar-refractivity contribution in [3.05, 3.63) is 95.6 Å². The first-order chi connectivity index (χ1) is 14.2. The van der Waals surface area contributed by atoms with Gasteiger partial charge in [0.2, 0.25) is 5.91 Å². The number of carbonyl (C=O) groups is 2. The molecule has 3 aromatic rings. The number of carbonyl (C=O) groups excluding carboxylic acids is 2. The number of nitrogens with one attached hydrogen (secondary N) is 1. The summed E-state index contributed by atoms with van der Waals surface area (Å²) in [7, 11) is 0. The molecule has 5 nitrogen and oxygen atoms in total. The van der Waals surface area contributed by atoms with E-state index in [9.17, 15) is 9.59 Å². The highest BCUT2D eigenvalue weighted by Gasteiger charge is 2.14. The molecule has 1 N–H and O–H groups in total. The van der Waals surface area contributed by atoms with Crippen LogP contribution < -0.4 is 10.1 Å². The molecule has 0 heterocycles. The molecule has 0 aliphatic heterocycles. The van der Waals surface area contributed by atoms with Crippen molar-refractivity contribution in [2.24, 2.45) is 0 Å². The second kappa shape index (κ2) is 10.4. The third-order valence-electron chi connectivity index (χ3n) is 4.06. The molecule has 0 radical (unpaired) electrons. The van der Waals surface area contributed by atoms with Crippen LogP contribution in [0.15, 0.2) is 78.9 Å². The summed E-state index contributed by atoms with van der Waals surface area (Å²) in [5.41, 5.74) is 2.64. The van der Waals surface area contributed by atoms with Gasteiger partial charge in [-0.3, -0.25) is 4.79 Å². The lowest BCUT2D eigenvalue weighted by Crippen LogP contribution is -2.14. The summed E-state index contributed by atoms with van der Waals surface area (Å²) in [5.74, 6) is -0.245. The minimum atomic E-state index is -0.474. The maximum absolute atomic E-state index is 12.4. The molecule has 0 aliphatic rings. The first-order valence-electron chi connectivity index (χ1n) is 9.03. The molecule has 29 heavy (non-hydrogen) atoms. The van der Waals surface area contributed by atoms with Crippen LogP contribution in [0.5, 0.6) is 5.75 Å². The molecule has 0 aromatic heterocycles. The van der Waals surface area contributed by atoms with Gasteiger partial charge >= 0.3 is 5.97 Å². The van der Waals surface area contributed by atoms with E-state index in [0.717, 1.165) is 11.1 Å². The van der Waals surface area contributed by atoms with Crippen LogP contribution in [0.2, 0.25) is 0 Å².